The van der Waals surface area contributed by atoms with Gasteiger partial charge in [0.05, 0.1) is 12.8 Å². The molecule has 2 aliphatic heterocycles. The summed E-state index contributed by atoms with van der Waals surface area (Å²) in [5, 5.41) is 3.41. The molecule has 1 aromatic rings. The summed E-state index contributed by atoms with van der Waals surface area (Å²) in [6, 6.07) is 6.44. The maximum atomic E-state index is 5.49. The molecule has 0 unspecified atom stereocenters. The molecule has 0 aliphatic carbocycles. The molecule has 1 N–H and O–H groups in total. The topological polar surface area (TPSA) is 24.5 Å². The molecule has 0 aromatic heterocycles. The molecule has 2 aliphatic rings. The predicted octanol–water partition coefficient (Wildman–Crippen LogP) is 2.19. The molecule has 3 rings (SSSR count). The molecular formula is C15H22N2O. The van der Waals surface area contributed by atoms with Crippen LogP contribution in [0, 0.1) is 12.3 Å². The van der Waals surface area contributed by atoms with E-state index in [1.807, 2.05) is 0 Å². The van der Waals surface area contributed by atoms with Crippen molar-refractivity contribution in [2.75, 3.05) is 38.2 Å². The Kier molecular flexibility index (Phi) is 2.94. The van der Waals surface area contributed by atoms with Gasteiger partial charge in [-0.05, 0) is 42.9 Å². The fourth-order valence-corrected chi connectivity index (χ4v) is 3.10. The summed E-state index contributed by atoms with van der Waals surface area (Å²) in [5.74, 6) is 1.00. The third-order valence-electron chi connectivity index (χ3n) is 4.50. The number of rotatable bonds is 2. The van der Waals surface area contributed by atoms with Gasteiger partial charge in [0.25, 0.3) is 0 Å². The van der Waals surface area contributed by atoms with Crippen LogP contribution in [0.4, 0.5) is 5.69 Å². The summed E-state index contributed by atoms with van der Waals surface area (Å²) >= 11 is 0. The number of hydrogen-bond donors (Lipinski definition) is 1. The number of hydrogen-bond acceptors (Lipinski definition) is 3. The highest BCUT2D eigenvalue weighted by atomic mass is 16.5. The highest BCUT2D eigenvalue weighted by Crippen LogP contribution is 2.39. The largest absolute Gasteiger partial charge is 0.495 e. The molecule has 18 heavy (non-hydrogen) atoms. The molecule has 0 bridgehead atoms. The minimum Gasteiger partial charge on any atom is -0.495 e. The Morgan fingerprint density at radius 3 is 2.50 bits per heavy atom. The average Bonchev–Trinajstić information content (AvgIpc) is 2.37. The highest BCUT2D eigenvalue weighted by Gasteiger charge is 2.39. The van der Waals surface area contributed by atoms with Crippen molar-refractivity contribution in [1.82, 2.24) is 5.32 Å². The minimum absolute atomic E-state index is 0.605. The molecule has 3 nitrogen and oxygen atoms in total. The van der Waals surface area contributed by atoms with Gasteiger partial charge in [0.2, 0.25) is 0 Å². The maximum Gasteiger partial charge on any atom is 0.142 e. The first-order valence-electron chi connectivity index (χ1n) is 6.83. The SMILES string of the molecule is COc1ccc(C)cc1N1CCC2(CC1)CNC2. The van der Waals surface area contributed by atoms with Crippen molar-refractivity contribution in [3.63, 3.8) is 0 Å². The molecule has 0 radical (unpaired) electrons. The summed E-state index contributed by atoms with van der Waals surface area (Å²) in [6.45, 7) is 6.88. The first-order chi connectivity index (χ1) is 8.72. The van der Waals surface area contributed by atoms with Crippen molar-refractivity contribution >= 4 is 5.69 Å². The number of methoxy groups -OCH3 is 1. The third-order valence-corrected chi connectivity index (χ3v) is 4.50. The molecule has 2 fully saturated rings. The first-order valence-corrected chi connectivity index (χ1v) is 6.83. The number of nitrogens with zero attached hydrogens (tertiary/aromatic N) is 1. The molecule has 98 valence electrons. The number of piperidine rings is 1. The summed E-state index contributed by atoms with van der Waals surface area (Å²) in [4.78, 5) is 2.48. The lowest BCUT2D eigenvalue weighted by Gasteiger charge is -2.49. The molecule has 2 heterocycles. The second-order valence-electron chi connectivity index (χ2n) is 5.77. The second kappa shape index (κ2) is 4.47. The van der Waals surface area contributed by atoms with Crippen LogP contribution in [-0.2, 0) is 0 Å². The standard InChI is InChI=1S/C15H22N2O/c1-12-3-4-14(18-2)13(9-12)17-7-5-15(6-8-17)10-16-11-15/h3-4,9,16H,5-8,10-11H2,1-2H3. The molecule has 0 saturated carbocycles. The van der Waals surface area contributed by atoms with Gasteiger partial charge in [0, 0.05) is 26.2 Å². The molecule has 1 spiro atoms. The van der Waals surface area contributed by atoms with Crippen LogP contribution in [0.1, 0.15) is 18.4 Å². The van der Waals surface area contributed by atoms with E-state index < -0.39 is 0 Å². The van der Waals surface area contributed by atoms with Crippen molar-refractivity contribution in [2.45, 2.75) is 19.8 Å². The van der Waals surface area contributed by atoms with Crippen LogP contribution in [0.5, 0.6) is 5.75 Å². The van der Waals surface area contributed by atoms with E-state index in [1.165, 1.54) is 37.2 Å². The van der Waals surface area contributed by atoms with E-state index in [1.54, 1.807) is 7.11 Å². The molecule has 1 aromatic carbocycles. The van der Waals surface area contributed by atoms with Gasteiger partial charge < -0.3 is 15.0 Å². The Bertz CT molecular complexity index is 430. The normalized spacial score (nSPS) is 21.8. The number of anilines is 1. The third kappa shape index (κ3) is 1.97. The van der Waals surface area contributed by atoms with Gasteiger partial charge in [-0.25, -0.2) is 0 Å². The zero-order valence-corrected chi connectivity index (χ0v) is 11.3. The van der Waals surface area contributed by atoms with E-state index in [0.29, 0.717) is 5.41 Å². The maximum absolute atomic E-state index is 5.49. The second-order valence-corrected chi connectivity index (χ2v) is 5.77. The molecule has 0 amide bonds. The minimum atomic E-state index is 0.605. The van der Waals surface area contributed by atoms with E-state index in [9.17, 15) is 0 Å². The summed E-state index contributed by atoms with van der Waals surface area (Å²) in [6.07, 6.45) is 2.61. The number of ether oxygens (including phenoxy) is 1. The van der Waals surface area contributed by atoms with Crippen LogP contribution >= 0.6 is 0 Å². The Morgan fingerprint density at radius 1 is 1.22 bits per heavy atom. The van der Waals surface area contributed by atoms with Gasteiger partial charge >= 0.3 is 0 Å². The Morgan fingerprint density at radius 2 is 1.94 bits per heavy atom. The van der Waals surface area contributed by atoms with Crippen LogP contribution in [-0.4, -0.2) is 33.3 Å². The number of aryl methyl sites for hydroxylation is 1. The Labute approximate surface area is 109 Å². The van der Waals surface area contributed by atoms with Gasteiger partial charge in [0.1, 0.15) is 5.75 Å². The van der Waals surface area contributed by atoms with Gasteiger partial charge in [-0.15, -0.1) is 0 Å². The van der Waals surface area contributed by atoms with Crippen LogP contribution < -0.4 is 15.0 Å². The number of nitrogens with one attached hydrogen (secondary N) is 1. The molecule has 2 saturated heterocycles. The lowest BCUT2D eigenvalue weighted by molar-refractivity contribution is 0.126. The summed E-state index contributed by atoms with van der Waals surface area (Å²) in [7, 11) is 1.76. The number of benzene rings is 1. The van der Waals surface area contributed by atoms with E-state index in [0.717, 1.165) is 18.8 Å². The Hall–Kier alpha value is -1.22. The van der Waals surface area contributed by atoms with Gasteiger partial charge in [-0.3, -0.25) is 0 Å². The molecule has 3 heteroatoms. The van der Waals surface area contributed by atoms with Crippen molar-refractivity contribution < 1.29 is 4.74 Å². The Balaban J connectivity index is 1.77. The zero-order valence-electron chi connectivity index (χ0n) is 11.3. The van der Waals surface area contributed by atoms with Crippen LogP contribution in [0.15, 0.2) is 18.2 Å². The zero-order chi connectivity index (χ0) is 12.6. The van der Waals surface area contributed by atoms with Crippen molar-refractivity contribution in [2.24, 2.45) is 5.41 Å². The molecule has 0 atom stereocenters. The average molecular weight is 246 g/mol. The summed E-state index contributed by atoms with van der Waals surface area (Å²) < 4.78 is 5.49. The van der Waals surface area contributed by atoms with E-state index in [-0.39, 0.29) is 0 Å². The van der Waals surface area contributed by atoms with E-state index in [4.69, 9.17) is 4.74 Å². The van der Waals surface area contributed by atoms with Crippen molar-refractivity contribution in [3.05, 3.63) is 23.8 Å². The van der Waals surface area contributed by atoms with Gasteiger partial charge in [0.15, 0.2) is 0 Å². The van der Waals surface area contributed by atoms with Crippen molar-refractivity contribution in [3.8, 4) is 5.75 Å². The monoisotopic (exact) mass is 246 g/mol. The smallest absolute Gasteiger partial charge is 0.142 e. The van der Waals surface area contributed by atoms with Gasteiger partial charge in [-0.1, -0.05) is 6.07 Å². The van der Waals surface area contributed by atoms with E-state index in [2.05, 4.69) is 35.3 Å². The molecular weight excluding hydrogens is 224 g/mol. The van der Waals surface area contributed by atoms with Crippen LogP contribution in [0.2, 0.25) is 0 Å². The lowest BCUT2D eigenvalue weighted by atomic mass is 9.73. The van der Waals surface area contributed by atoms with Crippen molar-refractivity contribution in [1.29, 1.82) is 0 Å². The quantitative estimate of drug-likeness (QED) is 0.865. The lowest BCUT2D eigenvalue weighted by Crippen LogP contribution is -2.58. The summed E-state index contributed by atoms with van der Waals surface area (Å²) in [5.41, 5.74) is 3.17. The van der Waals surface area contributed by atoms with E-state index >= 15 is 0 Å². The highest BCUT2D eigenvalue weighted by molar-refractivity contribution is 5.60. The fourth-order valence-electron chi connectivity index (χ4n) is 3.10. The van der Waals surface area contributed by atoms with Crippen LogP contribution in [0.25, 0.3) is 0 Å². The first kappa shape index (κ1) is 11.8. The van der Waals surface area contributed by atoms with Crippen LogP contribution in [0.3, 0.4) is 0 Å². The predicted molar refractivity (Wildman–Crippen MR) is 74.5 cm³/mol. The van der Waals surface area contributed by atoms with Gasteiger partial charge in [-0.2, -0.15) is 0 Å². The fraction of sp³-hybridized carbons (Fsp3) is 0.600.